The molecule has 2 heterocycles. The van der Waals surface area contributed by atoms with Crippen LogP contribution >= 0.6 is 12.2 Å². The van der Waals surface area contributed by atoms with Gasteiger partial charge in [-0.25, -0.2) is 0 Å². The van der Waals surface area contributed by atoms with Crippen LogP contribution in [0.25, 0.3) is 0 Å². The monoisotopic (exact) mass is 407 g/mol. The van der Waals surface area contributed by atoms with E-state index in [0.29, 0.717) is 17.7 Å². The molecule has 1 unspecified atom stereocenters. The molecule has 29 heavy (non-hydrogen) atoms. The van der Waals surface area contributed by atoms with Crippen LogP contribution in [-0.4, -0.2) is 46.5 Å². The van der Waals surface area contributed by atoms with Gasteiger partial charge in [0.05, 0.1) is 0 Å². The molecule has 4 nitrogen and oxygen atoms in total. The van der Waals surface area contributed by atoms with E-state index >= 15 is 0 Å². The largest absolute Gasteiger partial charge is 0.341 e. The fourth-order valence-electron chi connectivity index (χ4n) is 4.64. The summed E-state index contributed by atoms with van der Waals surface area (Å²) >= 11 is 5.64. The Kier molecular flexibility index (Phi) is 5.97. The molecule has 2 aromatic carbocycles. The second kappa shape index (κ2) is 8.64. The topological polar surface area (TPSA) is 35.6 Å². The Morgan fingerprint density at radius 3 is 2.21 bits per heavy atom. The first-order chi connectivity index (χ1) is 14.1. The minimum atomic E-state index is -0.946. The number of thiocarbonyl (C=S) groups is 1. The number of amides is 1. The molecule has 4 rings (SSSR count). The zero-order chi connectivity index (χ0) is 20.3. The molecule has 2 aliphatic rings. The SMILES string of the molecule is CC1CCCCN1CCCN1C(=O)C(c2ccccc2)(c2ccccc2)NC1=S. The second-order valence-corrected chi connectivity index (χ2v) is 8.49. The molecule has 2 aliphatic heterocycles. The molecule has 2 fully saturated rings. The quantitative estimate of drug-likeness (QED) is 0.737. The van der Waals surface area contributed by atoms with E-state index in [1.54, 1.807) is 4.90 Å². The highest BCUT2D eigenvalue weighted by molar-refractivity contribution is 7.80. The van der Waals surface area contributed by atoms with Crippen molar-refractivity contribution in [1.82, 2.24) is 15.1 Å². The Morgan fingerprint density at radius 1 is 1.00 bits per heavy atom. The summed E-state index contributed by atoms with van der Waals surface area (Å²) < 4.78 is 0. The lowest BCUT2D eigenvalue weighted by atomic mass is 9.82. The molecule has 5 heteroatoms. The summed E-state index contributed by atoms with van der Waals surface area (Å²) in [6.45, 7) is 5.13. The summed E-state index contributed by atoms with van der Waals surface area (Å²) in [6.07, 6.45) is 4.80. The number of benzene rings is 2. The number of likely N-dealkylation sites (tertiary alicyclic amines) is 1. The van der Waals surface area contributed by atoms with Gasteiger partial charge in [-0.3, -0.25) is 9.69 Å². The summed E-state index contributed by atoms with van der Waals surface area (Å²) in [5, 5.41) is 3.91. The second-order valence-electron chi connectivity index (χ2n) is 8.10. The Morgan fingerprint density at radius 2 is 1.62 bits per heavy atom. The molecule has 1 N–H and O–H groups in total. The van der Waals surface area contributed by atoms with Crippen molar-refractivity contribution in [3.63, 3.8) is 0 Å². The normalized spacial score (nSPS) is 22.0. The summed E-state index contributed by atoms with van der Waals surface area (Å²) in [5.74, 6) is 0.0200. The van der Waals surface area contributed by atoms with E-state index in [4.69, 9.17) is 12.2 Å². The number of nitrogens with zero attached hydrogens (tertiary/aromatic N) is 2. The van der Waals surface area contributed by atoms with Gasteiger partial charge in [-0.05, 0) is 56.1 Å². The standard InChI is InChI=1S/C24H29N3OS/c1-19-11-8-9-16-26(19)17-10-18-27-22(28)24(25-23(27)29,20-12-4-2-5-13-20)21-14-6-3-7-15-21/h2-7,12-15,19H,8-11,16-18H2,1H3,(H,25,29). The first kappa shape index (κ1) is 20.0. The van der Waals surface area contributed by atoms with Crippen LogP contribution in [0.1, 0.15) is 43.7 Å². The summed E-state index contributed by atoms with van der Waals surface area (Å²) in [5.41, 5.74) is 0.897. The maximum atomic E-state index is 13.7. The van der Waals surface area contributed by atoms with Crippen molar-refractivity contribution < 1.29 is 4.79 Å². The van der Waals surface area contributed by atoms with Crippen molar-refractivity contribution in [1.29, 1.82) is 0 Å². The first-order valence-corrected chi connectivity index (χ1v) is 11.0. The van der Waals surface area contributed by atoms with Crippen LogP contribution in [-0.2, 0) is 10.3 Å². The van der Waals surface area contributed by atoms with E-state index in [-0.39, 0.29) is 5.91 Å². The molecule has 1 atom stereocenters. The molecule has 0 bridgehead atoms. The fraction of sp³-hybridized carbons (Fsp3) is 0.417. The molecule has 1 amide bonds. The van der Waals surface area contributed by atoms with Crippen molar-refractivity contribution in [2.75, 3.05) is 19.6 Å². The lowest BCUT2D eigenvalue weighted by molar-refractivity contribution is -0.130. The van der Waals surface area contributed by atoms with Crippen molar-refractivity contribution >= 4 is 23.2 Å². The van der Waals surface area contributed by atoms with E-state index in [9.17, 15) is 4.79 Å². The molecular formula is C24H29N3OS. The number of hydrogen-bond donors (Lipinski definition) is 1. The third-order valence-electron chi connectivity index (χ3n) is 6.29. The Balaban J connectivity index is 1.55. The molecule has 2 aromatic rings. The van der Waals surface area contributed by atoms with E-state index in [1.807, 2.05) is 60.7 Å². The number of piperidine rings is 1. The van der Waals surface area contributed by atoms with Gasteiger partial charge >= 0.3 is 0 Å². The van der Waals surface area contributed by atoms with E-state index in [0.717, 1.165) is 30.6 Å². The Hall–Kier alpha value is -2.24. The highest BCUT2D eigenvalue weighted by atomic mass is 32.1. The average molecular weight is 408 g/mol. The number of hydrogen-bond acceptors (Lipinski definition) is 3. The molecule has 0 spiro atoms. The van der Waals surface area contributed by atoms with Crippen LogP contribution in [0.5, 0.6) is 0 Å². The fourth-order valence-corrected chi connectivity index (χ4v) is 4.96. The van der Waals surface area contributed by atoms with Gasteiger partial charge in [-0.15, -0.1) is 0 Å². The molecule has 0 saturated carbocycles. The molecule has 0 radical (unpaired) electrons. The maximum Gasteiger partial charge on any atom is 0.263 e. The summed E-state index contributed by atoms with van der Waals surface area (Å²) in [4.78, 5) is 18.1. The number of nitrogens with one attached hydrogen (secondary N) is 1. The zero-order valence-corrected chi connectivity index (χ0v) is 17.8. The molecule has 152 valence electrons. The predicted octanol–water partition coefficient (Wildman–Crippen LogP) is 3.91. The third-order valence-corrected chi connectivity index (χ3v) is 6.61. The molecule has 0 aliphatic carbocycles. The minimum Gasteiger partial charge on any atom is -0.341 e. The number of rotatable bonds is 6. The van der Waals surface area contributed by atoms with Gasteiger partial charge in [0.25, 0.3) is 5.91 Å². The lowest BCUT2D eigenvalue weighted by Crippen LogP contribution is -2.45. The highest BCUT2D eigenvalue weighted by Gasteiger charge is 2.51. The minimum absolute atomic E-state index is 0.0200. The third kappa shape index (κ3) is 3.81. The molecular weight excluding hydrogens is 378 g/mol. The van der Waals surface area contributed by atoms with Gasteiger partial charge in [0.2, 0.25) is 0 Å². The van der Waals surface area contributed by atoms with Gasteiger partial charge < -0.3 is 10.2 Å². The van der Waals surface area contributed by atoms with Gasteiger partial charge in [0.1, 0.15) is 0 Å². The van der Waals surface area contributed by atoms with Gasteiger partial charge in [0.15, 0.2) is 10.7 Å². The Labute approximate surface area is 178 Å². The number of carbonyl (C=O) groups excluding carboxylic acids is 1. The summed E-state index contributed by atoms with van der Waals surface area (Å²) in [7, 11) is 0. The van der Waals surface area contributed by atoms with Crippen LogP contribution in [0.2, 0.25) is 0 Å². The number of carbonyl (C=O) groups is 1. The maximum absolute atomic E-state index is 13.7. The first-order valence-electron chi connectivity index (χ1n) is 10.6. The van der Waals surface area contributed by atoms with Gasteiger partial charge in [0, 0.05) is 19.1 Å². The highest BCUT2D eigenvalue weighted by Crippen LogP contribution is 2.36. The van der Waals surface area contributed by atoms with E-state index in [2.05, 4.69) is 17.1 Å². The van der Waals surface area contributed by atoms with Crippen LogP contribution < -0.4 is 5.32 Å². The van der Waals surface area contributed by atoms with Gasteiger partial charge in [-0.1, -0.05) is 67.1 Å². The van der Waals surface area contributed by atoms with Crippen molar-refractivity contribution in [2.24, 2.45) is 0 Å². The lowest BCUT2D eigenvalue weighted by Gasteiger charge is -2.33. The van der Waals surface area contributed by atoms with Gasteiger partial charge in [-0.2, -0.15) is 0 Å². The van der Waals surface area contributed by atoms with E-state index in [1.165, 1.54) is 19.3 Å². The van der Waals surface area contributed by atoms with Crippen molar-refractivity contribution in [2.45, 2.75) is 44.2 Å². The summed E-state index contributed by atoms with van der Waals surface area (Å²) in [6, 6.07) is 20.5. The smallest absolute Gasteiger partial charge is 0.263 e. The van der Waals surface area contributed by atoms with Crippen LogP contribution in [0.3, 0.4) is 0 Å². The van der Waals surface area contributed by atoms with Crippen LogP contribution in [0.4, 0.5) is 0 Å². The van der Waals surface area contributed by atoms with Crippen molar-refractivity contribution in [3.8, 4) is 0 Å². The molecule has 2 saturated heterocycles. The van der Waals surface area contributed by atoms with Crippen LogP contribution in [0, 0.1) is 0 Å². The van der Waals surface area contributed by atoms with Crippen molar-refractivity contribution in [3.05, 3.63) is 71.8 Å². The Bertz CT molecular complexity index is 815. The zero-order valence-electron chi connectivity index (χ0n) is 17.0. The van der Waals surface area contributed by atoms with Crippen LogP contribution in [0.15, 0.2) is 60.7 Å². The average Bonchev–Trinajstić information content (AvgIpc) is 3.02. The van der Waals surface area contributed by atoms with E-state index < -0.39 is 5.54 Å². The predicted molar refractivity (Wildman–Crippen MR) is 121 cm³/mol. The molecule has 0 aromatic heterocycles.